The molecule has 3 aromatic rings. The van der Waals surface area contributed by atoms with Crippen LogP contribution in [-0.2, 0) is 5.41 Å². The second-order valence-corrected chi connectivity index (χ2v) is 11.0. The van der Waals surface area contributed by atoms with Gasteiger partial charge in [0.1, 0.15) is 0 Å². The minimum Gasteiger partial charge on any atom is -0.0767 e. The van der Waals surface area contributed by atoms with E-state index >= 15 is 0 Å². The third-order valence-electron chi connectivity index (χ3n) is 9.15. The summed E-state index contributed by atoms with van der Waals surface area (Å²) in [6.45, 7) is 4.53. The van der Waals surface area contributed by atoms with Gasteiger partial charge in [-0.3, -0.25) is 0 Å². The minimum atomic E-state index is -0.209. The van der Waals surface area contributed by atoms with Gasteiger partial charge in [-0.15, -0.1) is 0 Å². The second kappa shape index (κ2) is 6.73. The number of allylic oxidation sites excluding steroid dienone is 12. The topological polar surface area (TPSA) is 0 Å². The SMILES string of the molecule is CC1=CC=C2C(C1)c1ccc3ccccc3c1C21C2=C(C=CC3C=CC=CC23)c2cc(C)ccc21. The van der Waals surface area contributed by atoms with Crippen LogP contribution in [0.1, 0.15) is 47.1 Å². The Morgan fingerprint density at radius 3 is 2.69 bits per heavy atom. The zero-order valence-electron chi connectivity index (χ0n) is 20.3. The molecule has 0 aromatic heterocycles. The summed E-state index contributed by atoms with van der Waals surface area (Å²) in [7, 11) is 0. The zero-order chi connectivity index (χ0) is 23.3. The van der Waals surface area contributed by atoms with Crippen molar-refractivity contribution in [2.45, 2.75) is 31.6 Å². The highest BCUT2D eigenvalue weighted by atomic mass is 14.6. The molecule has 0 heteroatoms. The molecular weight excluding hydrogens is 420 g/mol. The van der Waals surface area contributed by atoms with Crippen molar-refractivity contribution in [1.82, 2.24) is 0 Å². The third-order valence-corrected chi connectivity index (χ3v) is 9.15. The van der Waals surface area contributed by atoms with Gasteiger partial charge in [0, 0.05) is 17.8 Å². The average molecular weight is 449 g/mol. The highest BCUT2D eigenvalue weighted by molar-refractivity contribution is 5.99. The van der Waals surface area contributed by atoms with Gasteiger partial charge in [-0.2, -0.15) is 0 Å². The molecule has 1 spiro atoms. The Balaban J connectivity index is 1.58. The fourth-order valence-corrected chi connectivity index (χ4v) is 7.85. The molecule has 0 heterocycles. The molecule has 0 radical (unpaired) electrons. The minimum absolute atomic E-state index is 0.209. The van der Waals surface area contributed by atoms with Gasteiger partial charge in [0.15, 0.2) is 0 Å². The van der Waals surface area contributed by atoms with Crippen LogP contribution in [0.5, 0.6) is 0 Å². The molecule has 5 aliphatic carbocycles. The number of fused-ring (bicyclic) bond motifs is 13. The summed E-state index contributed by atoms with van der Waals surface area (Å²) in [6, 6.07) is 21.1. The molecule has 4 atom stereocenters. The summed E-state index contributed by atoms with van der Waals surface area (Å²) in [6.07, 6.45) is 20.2. The molecule has 0 N–H and O–H groups in total. The van der Waals surface area contributed by atoms with E-state index in [1.165, 1.54) is 44.2 Å². The standard InChI is InChI=1S/C35H28/c1-21-11-17-31-29(19-21)27-15-13-23-7-3-5-9-25(23)33(27)35(31)32-18-12-22(2)20-30(32)28-16-14-24-8-4-6-10-26(24)34(28)35/h3-19,23,25,30H,20H2,1-2H3. The van der Waals surface area contributed by atoms with Crippen LogP contribution in [0, 0.1) is 18.8 Å². The Labute approximate surface area is 207 Å². The summed E-state index contributed by atoms with van der Waals surface area (Å²) in [5.74, 6) is 1.24. The molecular formula is C35H28. The van der Waals surface area contributed by atoms with E-state index in [4.69, 9.17) is 0 Å². The van der Waals surface area contributed by atoms with E-state index in [0.29, 0.717) is 17.8 Å². The van der Waals surface area contributed by atoms with Crippen LogP contribution in [0.2, 0.25) is 0 Å². The molecule has 0 aliphatic heterocycles. The van der Waals surface area contributed by atoms with Crippen LogP contribution in [0.4, 0.5) is 0 Å². The van der Waals surface area contributed by atoms with Crippen molar-refractivity contribution in [3.63, 3.8) is 0 Å². The van der Waals surface area contributed by atoms with Crippen molar-refractivity contribution in [2.75, 3.05) is 0 Å². The maximum atomic E-state index is 2.49. The molecule has 8 rings (SSSR count). The summed E-state index contributed by atoms with van der Waals surface area (Å²) in [5, 5.41) is 2.76. The van der Waals surface area contributed by atoms with Crippen LogP contribution in [0.3, 0.4) is 0 Å². The van der Waals surface area contributed by atoms with Crippen molar-refractivity contribution in [3.8, 4) is 0 Å². The Kier molecular flexibility index (Phi) is 3.78. The van der Waals surface area contributed by atoms with Gasteiger partial charge in [0.05, 0.1) is 5.41 Å². The van der Waals surface area contributed by atoms with Gasteiger partial charge >= 0.3 is 0 Å². The molecule has 35 heavy (non-hydrogen) atoms. The number of rotatable bonds is 0. The van der Waals surface area contributed by atoms with Crippen molar-refractivity contribution < 1.29 is 0 Å². The molecule has 0 saturated carbocycles. The van der Waals surface area contributed by atoms with Crippen molar-refractivity contribution in [1.29, 1.82) is 0 Å². The molecule has 0 fully saturated rings. The van der Waals surface area contributed by atoms with Crippen LogP contribution in [0.15, 0.2) is 120 Å². The number of hydrogen-bond donors (Lipinski definition) is 0. The first-order valence-electron chi connectivity index (χ1n) is 13.0. The van der Waals surface area contributed by atoms with Gasteiger partial charge in [-0.1, -0.05) is 114 Å². The summed E-state index contributed by atoms with van der Waals surface area (Å²) >= 11 is 0. The molecule has 0 amide bonds. The maximum Gasteiger partial charge on any atom is 0.0660 e. The molecule has 0 bridgehead atoms. The molecule has 168 valence electrons. The van der Waals surface area contributed by atoms with Crippen LogP contribution < -0.4 is 0 Å². The molecule has 5 aliphatic rings. The predicted octanol–water partition coefficient (Wildman–Crippen LogP) is 8.50. The quantitative estimate of drug-likeness (QED) is 0.323. The van der Waals surface area contributed by atoms with E-state index in [-0.39, 0.29) is 5.41 Å². The van der Waals surface area contributed by atoms with E-state index in [0.717, 1.165) is 6.42 Å². The number of benzene rings is 3. The highest BCUT2D eigenvalue weighted by Gasteiger charge is 2.58. The molecule has 0 saturated heterocycles. The zero-order valence-corrected chi connectivity index (χ0v) is 20.3. The van der Waals surface area contributed by atoms with Crippen molar-refractivity contribution >= 4 is 16.3 Å². The molecule has 4 unspecified atom stereocenters. The van der Waals surface area contributed by atoms with E-state index in [1.807, 2.05) is 0 Å². The van der Waals surface area contributed by atoms with E-state index in [1.54, 1.807) is 16.7 Å². The fraction of sp³-hybridized carbons (Fsp3) is 0.200. The van der Waals surface area contributed by atoms with E-state index in [2.05, 4.69) is 117 Å². The lowest BCUT2D eigenvalue weighted by Gasteiger charge is -2.41. The molecule has 0 nitrogen and oxygen atoms in total. The fourth-order valence-electron chi connectivity index (χ4n) is 7.85. The first kappa shape index (κ1) is 19.6. The van der Waals surface area contributed by atoms with Crippen LogP contribution >= 0.6 is 0 Å². The lowest BCUT2D eigenvalue weighted by atomic mass is 9.61. The first-order valence-corrected chi connectivity index (χ1v) is 13.0. The normalized spacial score (nSPS) is 29.0. The van der Waals surface area contributed by atoms with Crippen molar-refractivity contribution in [3.05, 3.63) is 148 Å². The number of hydrogen-bond acceptors (Lipinski definition) is 0. The Hall–Kier alpha value is -3.64. The van der Waals surface area contributed by atoms with Gasteiger partial charge < -0.3 is 0 Å². The Morgan fingerprint density at radius 1 is 0.857 bits per heavy atom. The van der Waals surface area contributed by atoms with Crippen LogP contribution in [-0.4, -0.2) is 0 Å². The second-order valence-electron chi connectivity index (χ2n) is 11.0. The third kappa shape index (κ3) is 2.33. The Bertz CT molecular complexity index is 1650. The first-order chi connectivity index (χ1) is 17.2. The monoisotopic (exact) mass is 448 g/mol. The maximum absolute atomic E-state index is 2.49. The summed E-state index contributed by atoms with van der Waals surface area (Å²) in [4.78, 5) is 0. The summed E-state index contributed by atoms with van der Waals surface area (Å²) < 4.78 is 0. The Morgan fingerprint density at radius 2 is 1.74 bits per heavy atom. The van der Waals surface area contributed by atoms with E-state index < -0.39 is 0 Å². The number of aryl methyl sites for hydroxylation is 1. The largest absolute Gasteiger partial charge is 0.0767 e. The van der Waals surface area contributed by atoms with Crippen LogP contribution in [0.25, 0.3) is 16.3 Å². The lowest BCUT2D eigenvalue weighted by Crippen LogP contribution is -2.34. The lowest BCUT2D eigenvalue weighted by molar-refractivity contribution is 0.546. The van der Waals surface area contributed by atoms with Crippen molar-refractivity contribution in [2.24, 2.45) is 11.8 Å². The van der Waals surface area contributed by atoms with E-state index in [9.17, 15) is 0 Å². The van der Waals surface area contributed by atoms with Gasteiger partial charge in [0.25, 0.3) is 0 Å². The smallest absolute Gasteiger partial charge is 0.0660 e. The summed E-state index contributed by atoms with van der Waals surface area (Å²) in [5.41, 5.74) is 13.2. The van der Waals surface area contributed by atoms with Gasteiger partial charge in [-0.05, 0) is 70.0 Å². The molecule has 3 aromatic carbocycles. The highest BCUT2D eigenvalue weighted by Crippen LogP contribution is 2.68. The van der Waals surface area contributed by atoms with Gasteiger partial charge in [-0.25, -0.2) is 0 Å². The predicted molar refractivity (Wildman–Crippen MR) is 146 cm³/mol. The van der Waals surface area contributed by atoms with Gasteiger partial charge in [0.2, 0.25) is 0 Å². The average Bonchev–Trinajstić information content (AvgIpc) is 3.34.